The zero-order valence-corrected chi connectivity index (χ0v) is 18.8. The molecular weight excluding hydrogens is 419 g/mol. The summed E-state index contributed by atoms with van der Waals surface area (Å²) in [4.78, 5) is 15.5. The zero-order chi connectivity index (χ0) is 23.0. The lowest BCUT2D eigenvalue weighted by Crippen LogP contribution is -2.36. The molecule has 1 fully saturated rings. The van der Waals surface area contributed by atoms with E-state index in [0.717, 1.165) is 30.0 Å². The summed E-state index contributed by atoms with van der Waals surface area (Å²) in [6.07, 6.45) is 2.33. The van der Waals surface area contributed by atoms with E-state index in [4.69, 9.17) is 9.47 Å². The molecule has 1 N–H and O–H groups in total. The number of halogens is 1. The van der Waals surface area contributed by atoms with Crippen LogP contribution in [0.25, 0.3) is 0 Å². The Morgan fingerprint density at radius 3 is 2.39 bits per heavy atom. The van der Waals surface area contributed by atoms with E-state index in [-0.39, 0.29) is 24.4 Å². The topological polar surface area (TPSA) is 50.8 Å². The molecule has 33 heavy (non-hydrogen) atoms. The lowest BCUT2D eigenvalue weighted by molar-refractivity contribution is 0.0933. The van der Waals surface area contributed by atoms with Gasteiger partial charge in [0.2, 0.25) is 0 Å². The minimum Gasteiger partial charge on any atom is -0.497 e. The molecule has 0 aromatic heterocycles. The number of ether oxygens (including phenoxy) is 2. The molecule has 1 amide bonds. The van der Waals surface area contributed by atoms with Gasteiger partial charge in [-0.25, -0.2) is 4.39 Å². The Hall–Kier alpha value is -3.38. The van der Waals surface area contributed by atoms with Crippen molar-refractivity contribution in [1.82, 2.24) is 10.2 Å². The Morgan fingerprint density at radius 1 is 1.00 bits per heavy atom. The van der Waals surface area contributed by atoms with E-state index in [2.05, 4.69) is 22.3 Å². The smallest absolute Gasteiger partial charge is 0.255 e. The molecule has 0 bridgehead atoms. The SMILES string of the molecule is COc1ccc(C(CNC(=O)c2ccccc2OCc2ccc(F)cc2)N2CCCC2)cc1. The van der Waals surface area contributed by atoms with Gasteiger partial charge in [-0.3, -0.25) is 9.69 Å². The van der Waals surface area contributed by atoms with Crippen LogP contribution in [-0.4, -0.2) is 37.6 Å². The molecule has 1 saturated heterocycles. The summed E-state index contributed by atoms with van der Waals surface area (Å²) in [5, 5.41) is 3.11. The second-order valence-corrected chi connectivity index (χ2v) is 8.15. The van der Waals surface area contributed by atoms with Gasteiger partial charge in [-0.1, -0.05) is 36.4 Å². The molecule has 1 aliphatic rings. The number of nitrogens with one attached hydrogen (secondary N) is 1. The van der Waals surface area contributed by atoms with Gasteiger partial charge in [0.1, 0.15) is 23.9 Å². The number of benzene rings is 3. The maximum atomic E-state index is 13.1. The van der Waals surface area contributed by atoms with Crippen molar-refractivity contribution in [2.24, 2.45) is 0 Å². The van der Waals surface area contributed by atoms with E-state index in [9.17, 15) is 9.18 Å². The third-order valence-electron chi connectivity index (χ3n) is 5.98. The van der Waals surface area contributed by atoms with Crippen molar-refractivity contribution in [3.8, 4) is 11.5 Å². The summed E-state index contributed by atoms with van der Waals surface area (Å²) < 4.78 is 24.3. The van der Waals surface area contributed by atoms with Crippen LogP contribution in [0.2, 0.25) is 0 Å². The number of methoxy groups -OCH3 is 1. The predicted octanol–water partition coefficient (Wildman–Crippen LogP) is 4.98. The van der Waals surface area contributed by atoms with Gasteiger partial charge in [0, 0.05) is 6.54 Å². The van der Waals surface area contributed by atoms with Gasteiger partial charge in [0.05, 0.1) is 18.7 Å². The van der Waals surface area contributed by atoms with E-state index in [1.165, 1.54) is 25.0 Å². The fourth-order valence-corrected chi connectivity index (χ4v) is 4.14. The van der Waals surface area contributed by atoms with Crippen LogP contribution in [0.3, 0.4) is 0 Å². The molecule has 3 aromatic carbocycles. The third kappa shape index (κ3) is 5.90. The zero-order valence-electron chi connectivity index (χ0n) is 18.8. The minimum atomic E-state index is -0.289. The Bertz CT molecular complexity index is 1050. The van der Waals surface area contributed by atoms with Crippen LogP contribution in [0.15, 0.2) is 72.8 Å². The van der Waals surface area contributed by atoms with E-state index < -0.39 is 0 Å². The predicted molar refractivity (Wildman–Crippen MR) is 126 cm³/mol. The number of carbonyl (C=O) groups is 1. The molecule has 0 radical (unpaired) electrons. The van der Waals surface area contributed by atoms with Crippen LogP contribution >= 0.6 is 0 Å². The fraction of sp³-hybridized carbons (Fsp3) is 0.296. The maximum absolute atomic E-state index is 13.1. The monoisotopic (exact) mass is 448 g/mol. The van der Waals surface area contributed by atoms with Gasteiger partial charge < -0.3 is 14.8 Å². The highest BCUT2D eigenvalue weighted by atomic mass is 19.1. The van der Waals surface area contributed by atoms with Crippen molar-refractivity contribution in [3.05, 3.63) is 95.3 Å². The van der Waals surface area contributed by atoms with E-state index in [1.807, 2.05) is 24.3 Å². The first kappa shape index (κ1) is 22.8. The fourth-order valence-electron chi connectivity index (χ4n) is 4.14. The molecular formula is C27H29FN2O3. The highest BCUT2D eigenvalue weighted by molar-refractivity contribution is 5.96. The van der Waals surface area contributed by atoms with Gasteiger partial charge in [0.15, 0.2) is 0 Å². The summed E-state index contributed by atoms with van der Waals surface area (Å²) in [6, 6.07) is 21.5. The van der Waals surface area contributed by atoms with Crippen molar-refractivity contribution in [1.29, 1.82) is 0 Å². The van der Waals surface area contributed by atoms with E-state index in [1.54, 1.807) is 31.4 Å². The molecule has 4 rings (SSSR count). The number of para-hydroxylation sites is 1. The largest absolute Gasteiger partial charge is 0.497 e. The van der Waals surface area contributed by atoms with Crippen molar-refractivity contribution in [2.75, 3.05) is 26.7 Å². The summed E-state index contributed by atoms with van der Waals surface area (Å²) in [7, 11) is 1.66. The van der Waals surface area contributed by atoms with Crippen molar-refractivity contribution in [2.45, 2.75) is 25.5 Å². The third-order valence-corrected chi connectivity index (χ3v) is 5.98. The maximum Gasteiger partial charge on any atom is 0.255 e. The van der Waals surface area contributed by atoms with E-state index in [0.29, 0.717) is 17.9 Å². The first-order valence-electron chi connectivity index (χ1n) is 11.3. The minimum absolute atomic E-state index is 0.0923. The summed E-state index contributed by atoms with van der Waals surface area (Å²) >= 11 is 0. The highest BCUT2D eigenvalue weighted by Gasteiger charge is 2.24. The molecule has 172 valence electrons. The Balaban J connectivity index is 1.44. The molecule has 1 heterocycles. The van der Waals surface area contributed by atoms with Crippen LogP contribution in [-0.2, 0) is 6.61 Å². The van der Waals surface area contributed by atoms with Crippen LogP contribution < -0.4 is 14.8 Å². The van der Waals surface area contributed by atoms with Crippen molar-refractivity contribution >= 4 is 5.91 Å². The first-order valence-corrected chi connectivity index (χ1v) is 11.3. The van der Waals surface area contributed by atoms with Crippen LogP contribution in [0.1, 0.15) is 40.4 Å². The molecule has 0 aliphatic carbocycles. The molecule has 1 unspecified atom stereocenters. The number of nitrogens with zero attached hydrogens (tertiary/aromatic N) is 1. The summed E-state index contributed by atoms with van der Waals surface area (Å²) in [5.41, 5.74) is 2.47. The lowest BCUT2D eigenvalue weighted by atomic mass is 10.0. The number of carbonyl (C=O) groups excluding carboxylic acids is 1. The Labute approximate surface area is 194 Å². The Morgan fingerprint density at radius 2 is 1.70 bits per heavy atom. The van der Waals surface area contributed by atoms with Gasteiger partial charge in [-0.05, 0) is 73.5 Å². The Kier molecular flexibility index (Phi) is 7.58. The van der Waals surface area contributed by atoms with Crippen molar-refractivity contribution < 1.29 is 18.7 Å². The molecule has 0 saturated carbocycles. The van der Waals surface area contributed by atoms with Crippen LogP contribution in [0.4, 0.5) is 4.39 Å². The molecule has 0 spiro atoms. The molecule has 6 heteroatoms. The van der Waals surface area contributed by atoms with Gasteiger partial charge in [0.25, 0.3) is 5.91 Å². The highest BCUT2D eigenvalue weighted by Crippen LogP contribution is 2.27. The van der Waals surface area contributed by atoms with E-state index >= 15 is 0 Å². The van der Waals surface area contributed by atoms with Gasteiger partial charge in [-0.2, -0.15) is 0 Å². The number of rotatable bonds is 9. The number of hydrogen-bond donors (Lipinski definition) is 1. The average Bonchev–Trinajstić information content (AvgIpc) is 3.39. The van der Waals surface area contributed by atoms with Gasteiger partial charge >= 0.3 is 0 Å². The standard InChI is InChI=1S/C27H29FN2O3/c1-32-23-14-10-21(11-15-23)25(30-16-4-5-17-30)18-29-27(31)24-6-2-3-7-26(24)33-19-20-8-12-22(28)13-9-20/h2-3,6-15,25H,4-5,16-19H2,1H3,(H,29,31). The average molecular weight is 449 g/mol. The number of amides is 1. The second kappa shape index (κ2) is 11.0. The van der Waals surface area contributed by atoms with Gasteiger partial charge in [-0.15, -0.1) is 0 Å². The lowest BCUT2D eigenvalue weighted by Gasteiger charge is -2.28. The normalized spacial score (nSPS) is 14.6. The number of hydrogen-bond acceptors (Lipinski definition) is 4. The van der Waals surface area contributed by atoms with Crippen LogP contribution in [0, 0.1) is 5.82 Å². The molecule has 3 aromatic rings. The molecule has 1 atom stereocenters. The quantitative estimate of drug-likeness (QED) is 0.502. The molecule has 5 nitrogen and oxygen atoms in total. The summed E-state index contributed by atoms with van der Waals surface area (Å²) in [6.45, 7) is 2.79. The first-order chi connectivity index (χ1) is 16.1. The van der Waals surface area contributed by atoms with Crippen LogP contribution in [0.5, 0.6) is 11.5 Å². The molecule has 1 aliphatic heterocycles. The second-order valence-electron chi connectivity index (χ2n) is 8.15. The summed E-state index contributed by atoms with van der Waals surface area (Å²) in [5.74, 6) is 0.849. The van der Waals surface area contributed by atoms with Crippen molar-refractivity contribution in [3.63, 3.8) is 0 Å². The number of likely N-dealkylation sites (tertiary alicyclic amines) is 1.